The Morgan fingerprint density at radius 2 is 1.93 bits per heavy atom. The molecule has 1 saturated carbocycles. The summed E-state index contributed by atoms with van der Waals surface area (Å²) >= 11 is 0. The van der Waals surface area contributed by atoms with Gasteiger partial charge in [0.05, 0.1) is 18.0 Å². The molecule has 0 aromatic rings. The van der Waals surface area contributed by atoms with E-state index in [1.807, 2.05) is 0 Å². The van der Waals surface area contributed by atoms with Gasteiger partial charge in [-0.1, -0.05) is 0 Å². The summed E-state index contributed by atoms with van der Waals surface area (Å²) in [5, 5.41) is 5.00. The van der Waals surface area contributed by atoms with E-state index in [-0.39, 0.29) is 11.9 Å². The molecular formula is C9H17NO3S. The zero-order chi connectivity index (χ0) is 10.2. The highest BCUT2D eigenvalue weighted by molar-refractivity contribution is 7.89. The molecule has 0 aromatic heterocycles. The Balaban J connectivity index is 1.87. The molecule has 4 nitrogen and oxygen atoms in total. The van der Waals surface area contributed by atoms with Crippen molar-refractivity contribution in [2.24, 2.45) is 11.1 Å². The van der Waals surface area contributed by atoms with Crippen molar-refractivity contribution in [2.75, 3.05) is 5.75 Å². The Hall–Kier alpha value is -0.130. The summed E-state index contributed by atoms with van der Waals surface area (Å²) in [6.07, 6.45) is 5.62. The molecular weight excluding hydrogens is 202 g/mol. The van der Waals surface area contributed by atoms with Gasteiger partial charge in [-0.15, -0.1) is 0 Å². The van der Waals surface area contributed by atoms with Gasteiger partial charge in [-0.3, -0.25) is 0 Å². The minimum Gasteiger partial charge on any atom is -0.374 e. The molecule has 2 rings (SSSR count). The maximum Gasteiger partial charge on any atom is 0.211 e. The predicted molar refractivity (Wildman–Crippen MR) is 53.2 cm³/mol. The second kappa shape index (κ2) is 3.79. The Labute approximate surface area is 84.9 Å². The predicted octanol–water partition coefficient (Wildman–Crippen LogP) is 0.623. The van der Waals surface area contributed by atoms with Crippen LogP contribution in [0.25, 0.3) is 0 Å². The van der Waals surface area contributed by atoms with Crippen molar-refractivity contribution < 1.29 is 13.2 Å². The molecule has 5 heteroatoms. The zero-order valence-electron chi connectivity index (χ0n) is 8.19. The van der Waals surface area contributed by atoms with Crippen molar-refractivity contribution in [2.45, 2.75) is 44.3 Å². The van der Waals surface area contributed by atoms with E-state index in [4.69, 9.17) is 9.88 Å². The largest absolute Gasteiger partial charge is 0.374 e. The van der Waals surface area contributed by atoms with Gasteiger partial charge in [-0.2, -0.15) is 0 Å². The fourth-order valence-electron chi connectivity index (χ4n) is 2.13. The Morgan fingerprint density at radius 1 is 1.21 bits per heavy atom. The minimum absolute atomic E-state index is 0.0176. The van der Waals surface area contributed by atoms with E-state index in [0.29, 0.717) is 12.0 Å². The third-order valence-corrected chi connectivity index (χ3v) is 3.78. The van der Waals surface area contributed by atoms with Crippen LogP contribution in [0.5, 0.6) is 0 Å². The molecule has 1 saturated heterocycles. The number of nitrogens with two attached hydrogens (primary N) is 1. The highest BCUT2D eigenvalue weighted by Crippen LogP contribution is 2.39. The lowest BCUT2D eigenvalue weighted by atomic mass is 10.0. The summed E-state index contributed by atoms with van der Waals surface area (Å²) in [6.45, 7) is 0. The first kappa shape index (κ1) is 10.4. The second-order valence-corrected chi connectivity index (χ2v) is 6.05. The van der Waals surface area contributed by atoms with E-state index in [1.54, 1.807) is 0 Å². The number of hydrogen-bond donors (Lipinski definition) is 1. The topological polar surface area (TPSA) is 69.4 Å². The van der Waals surface area contributed by atoms with Crippen LogP contribution in [0.4, 0.5) is 0 Å². The molecule has 2 aliphatic rings. The smallest absolute Gasteiger partial charge is 0.211 e. The van der Waals surface area contributed by atoms with Crippen molar-refractivity contribution in [3.05, 3.63) is 0 Å². The van der Waals surface area contributed by atoms with Crippen LogP contribution in [0.15, 0.2) is 0 Å². The summed E-state index contributed by atoms with van der Waals surface area (Å²) in [6, 6.07) is 0. The molecule has 1 aliphatic carbocycles. The first-order valence-electron chi connectivity index (χ1n) is 5.20. The molecule has 82 valence electrons. The first-order valence-corrected chi connectivity index (χ1v) is 6.92. The average molecular weight is 219 g/mol. The molecule has 1 heterocycles. The lowest BCUT2D eigenvalue weighted by Gasteiger charge is -2.29. The van der Waals surface area contributed by atoms with Crippen LogP contribution in [0.3, 0.4) is 0 Å². The summed E-state index contributed by atoms with van der Waals surface area (Å²) < 4.78 is 27.5. The Morgan fingerprint density at radius 3 is 2.50 bits per heavy atom. The van der Waals surface area contributed by atoms with E-state index in [0.717, 1.165) is 19.3 Å². The highest BCUT2D eigenvalue weighted by atomic mass is 32.2. The van der Waals surface area contributed by atoms with Crippen molar-refractivity contribution >= 4 is 10.0 Å². The van der Waals surface area contributed by atoms with Gasteiger partial charge in [0.15, 0.2) is 0 Å². The van der Waals surface area contributed by atoms with Crippen LogP contribution < -0.4 is 5.14 Å². The summed E-state index contributed by atoms with van der Waals surface area (Å²) in [5.41, 5.74) is 0. The van der Waals surface area contributed by atoms with Crippen LogP contribution >= 0.6 is 0 Å². The minimum atomic E-state index is -3.38. The van der Waals surface area contributed by atoms with E-state index in [2.05, 4.69) is 0 Å². The van der Waals surface area contributed by atoms with E-state index >= 15 is 0 Å². The summed E-state index contributed by atoms with van der Waals surface area (Å²) in [5.74, 6) is 0.675. The Kier molecular flexibility index (Phi) is 2.81. The molecule has 0 amide bonds. The number of hydrogen-bond acceptors (Lipinski definition) is 3. The average Bonchev–Trinajstić information content (AvgIpc) is 2.83. The monoisotopic (exact) mass is 219 g/mol. The second-order valence-electron chi connectivity index (χ2n) is 4.39. The number of rotatable bonds is 3. The number of ether oxygens (including phenoxy) is 1. The Bertz CT molecular complexity index is 297. The summed E-state index contributed by atoms with van der Waals surface area (Å²) in [7, 11) is -3.38. The van der Waals surface area contributed by atoms with Gasteiger partial charge in [0.1, 0.15) is 0 Å². The van der Waals surface area contributed by atoms with Gasteiger partial charge in [0, 0.05) is 0 Å². The van der Waals surface area contributed by atoms with Crippen LogP contribution in [0, 0.1) is 5.92 Å². The molecule has 14 heavy (non-hydrogen) atoms. The number of sulfonamides is 1. The summed E-state index contributed by atoms with van der Waals surface area (Å²) in [4.78, 5) is 0. The van der Waals surface area contributed by atoms with Crippen LogP contribution in [-0.2, 0) is 14.8 Å². The van der Waals surface area contributed by atoms with Gasteiger partial charge in [-0.25, -0.2) is 13.6 Å². The first-order chi connectivity index (χ1) is 6.54. The van der Waals surface area contributed by atoms with E-state index in [1.165, 1.54) is 12.8 Å². The quantitative estimate of drug-likeness (QED) is 0.756. The van der Waals surface area contributed by atoms with Crippen LogP contribution in [-0.4, -0.2) is 26.4 Å². The van der Waals surface area contributed by atoms with Crippen LogP contribution in [0.2, 0.25) is 0 Å². The maximum absolute atomic E-state index is 10.9. The molecule has 2 N–H and O–H groups in total. The lowest BCUT2D eigenvalue weighted by molar-refractivity contribution is -0.0486. The molecule has 0 spiro atoms. The highest BCUT2D eigenvalue weighted by Gasteiger charge is 2.36. The van der Waals surface area contributed by atoms with E-state index < -0.39 is 10.0 Å². The van der Waals surface area contributed by atoms with E-state index in [9.17, 15) is 8.42 Å². The van der Waals surface area contributed by atoms with Gasteiger partial charge in [0.2, 0.25) is 10.0 Å². The van der Waals surface area contributed by atoms with Crippen molar-refractivity contribution in [3.63, 3.8) is 0 Å². The molecule has 0 aromatic carbocycles. The number of primary sulfonamides is 1. The van der Waals surface area contributed by atoms with Crippen molar-refractivity contribution in [1.29, 1.82) is 0 Å². The van der Waals surface area contributed by atoms with Crippen molar-refractivity contribution in [3.8, 4) is 0 Å². The lowest BCUT2D eigenvalue weighted by Crippen LogP contribution is -2.36. The van der Waals surface area contributed by atoms with Gasteiger partial charge in [0.25, 0.3) is 0 Å². The van der Waals surface area contributed by atoms with Gasteiger partial charge < -0.3 is 4.74 Å². The normalized spacial score (nSPS) is 34.4. The third-order valence-electron chi connectivity index (χ3n) is 2.95. The molecule has 2 unspecified atom stereocenters. The molecule has 0 bridgehead atoms. The SMILES string of the molecule is NS(=O)(=O)CC1CCCC(C2CC2)O1. The van der Waals surface area contributed by atoms with Crippen LogP contribution in [0.1, 0.15) is 32.1 Å². The fraction of sp³-hybridized carbons (Fsp3) is 1.00. The van der Waals surface area contributed by atoms with Gasteiger partial charge in [-0.05, 0) is 38.0 Å². The molecule has 2 fully saturated rings. The molecule has 0 radical (unpaired) electrons. The maximum atomic E-state index is 10.9. The zero-order valence-corrected chi connectivity index (χ0v) is 9.00. The standard InChI is InChI=1S/C9H17NO3S/c10-14(11,12)6-8-2-1-3-9(13-8)7-4-5-7/h7-9H,1-6H2,(H2,10,11,12). The van der Waals surface area contributed by atoms with Gasteiger partial charge >= 0.3 is 0 Å². The molecule has 2 atom stereocenters. The third kappa shape index (κ3) is 2.93. The fourth-order valence-corrected chi connectivity index (χ4v) is 2.89. The van der Waals surface area contributed by atoms with Crippen molar-refractivity contribution in [1.82, 2.24) is 0 Å². The molecule has 1 aliphatic heterocycles.